The van der Waals surface area contributed by atoms with Crippen molar-refractivity contribution in [3.63, 3.8) is 0 Å². The van der Waals surface area contributed by atoms with Crippen LogP contribution in [0.15, 0.2) is 29.2 Å². The van der Waals surface area contributed by atoms with Crippen LogP contribution in [0.2, 0.25) is 0 Å². The van der Waals surface area contributed by atoms with Gasteiger partial charge in [-0.15, -0.1) is 8.42 Å². The predicted molar refractivity (Wildman–Crippen MR) is 68.4 cm³/mol. The van der Waals surface area contributed by atoms with Gasteiger partial charge in [0.25, 0.3) is 0 Å². The Labute approximate surface area is 112 Å². The molecular formula is C7H19CoN5O3S-. The van der Waals surface area contributed by atoms with Crippen molar-refractivity contribution in [2.75, 3.05) is 0 Å². The van der Waals surface area contributed by atoms with Gasteiger partial charge in [0.05, 0.1) is 0 Å². The van der Waals surface area contributed by atoms with E-state index in [0.29, 0.717) is 0 Å². The van der Waals surface area contributed by atoms with Crippen molar-refractivity contribution in [2.45, 2.75) is 11.8 Å². The normalized spacial score (nSPS) is 7.41. The molecule has 0 saturated heterocycles. The number of aryl methyl sites for hydroxylation is 1. The molecule has 0 aliphatic rings. The van der Waals surface area contributed by atoms with Crippen LogP contribution < -0.4 is 0 Å². The Morgan fingerprint density at radius 2 is 1.18 bits per heavy atom. The van der Waals surface area contributed by atoms with Gasteiger partial charge in [0.2, 0.25) is 0 Å². The molecule has 0 fully saturated rings. The van der Waals surface area contributed by atoms with E-state index in [9.17, 15) is 8.42 Å². The molecular weight excluding hydrogens is 293 g/mol. The van der Waals surface area contributed by atoms with Crippen LogP contribution in [0, 0.1) is 6.92 Å². The number of hydrogen-bond donors (Lipinski definition) is 0. The first kappa shape index (κ1) is 36.0. The van der Waals surface area contributed by atoms with Gasteiger partial charge in [-0.05, 0) is 19.1 Å². The van der Waals surface area contributed by atoms with Gasteiger partial charge in [-0.2, -0.15) is 0 Å². The Morgan fingerprint density at radius 1 is 0.882 bits per heavy atom. The zero-order chi connectivity index (χ0) is 8.48. The maximum absolute atomic E-state index is 10.6. The van der Waals surface area contributed by atoms with E-state index in [1.165, 1.54) is 12.1 Å². The first-order chi connectivity index (χ1) is 5.00. The summed E-state index contributed by atoms with van der Waals surface area (Å²) in [6, 6.07) is 6.19. The van der Waals surface area contributed by atoms with E-state index in [4.69, 9.17) is 4.55 Å². The van der Waals surface area contributed by atoms with Crippen molar-refractivity contribution in [2.24, 2.45) is 0 Å². The second-order valence-electron chi connectivity index (χ2n) is 2.32. The standard InChI is InChI=1S/C7H8O3S.Co.5H2N/c1-6-2-4-7(5-3-6)11(8,9)10;;;;;;/h2-5H,1H3,(H,8,9,10);;5*1H2/q;+3;5*-1/p+1. The van der Waals surface area contributed by atoms with Crippen LogP contribution in [-0.4, -0.2) is 13.0 Å². The summed E-state index contributed by atoms with van der Waals surface area (Å²) in [5.41, 5.74) is 0.984. The van der Waals surface area contributed by atoms with Gasteiger partial charge in [0.15, 0.2) is 0 Å². The average Bonchev–Trinajstić information content (AvgIpc) is 1.86. The second-order valence-corrected chi connectivity index (χ2v) is 3.79. The summed E-state index contributed by atoms with van der Waals surface area (Å²) >= 11 is 0. The van der Waals surface area contributed by atoms with Crippen LogP contribution in [0.3, 0.4) is 0 Å². The monoisotopic (exact) mass is 312 g/mol. The molecule has 17 heavy (non-hydrogen) atoms. The van der Waals surface area contributed by atoms with Crippen molar-refractivity contribution in [3.8, 4) is 0 Å². The van der Waals surface area contributed by atoms with Gasteiger partial charge in [-0.3, -0.25) is 0 Å². The number of benzene rings is 1. The molecule has 106 valence electrons. The van der Waals surface area contributed by atoms with Crippen molar-refractivity contribution < 1.29 is 29.7 Å². The molecule has 0 radical (unpaired) electrons. The second kappa shape index (κ2) is 13.5. The van der Waals surface area contributed by atoms with Crippen LogP contribution in [-0.2, 0) is 26.9 Å². The third-order valence-corrected chi connectivity index (χ3v) is 2.22. The van der Waals surface area contributed by atoms with E-state index in [2.05, 4.69) is 0 Å². The third-order valence-electron chi connectivity index (χ3n) is 1.33. The zero-order valence-electron chi connectivity index (χ0n) is 9.25. The number of nitrogens with two attached hydrogens (primary N) is 5. The molecule has 1 rings (SSSR count). The summed E-state index contributed by atoms with van der Waals surface area (Å²) in [5, 5.41) is 0. The molecule has 1 aromatic rings. The minimum absolute atomic E-state index is 0. The molecule has 12 N–H and O–H groups in total. The molecule has 0 aromatic heterocycles. The molecule has 0 aliphatic heterocycles. The Bertz CT molecular complexity index is 356. The topological polar surface area (TPSA) is 225 Å². The molecule has 10 heteroatoms. The summed E-state index contributed by atoms with van der Waals surface area (Å²) in [5.74, 6) is 0. The summed E-state index contributed by atoms with van der Waals surface area (Å²) in [7, 11) is -3.77. The van der Waals surface area contributed by atoms with E-state index in [-0.39, 0.29) is 52.4 Å². The first-order valence-electron chi connectivity index (χ1n) is 3.06. The molecule has 0 spiro atoms. The van der Waals surface area contributed by atoms with E-state index in [0.717, 1.165) is 5.56 Å². The molecule has 8 nitrogen and oxygen atoms in total. The van der Waals surface area contributed by atoms with Crippen LogP contribution in [0.1, 0.15) is 5.56 Å². The van der Waals surface area contributed by atoms with Gasteiger partial charge >= 0.3 is 26.9 Å². The fourth-order valence-electron chi connectivity index (χ4n) is 0.717. The summed E-state index contributed by atoms with van der Waals surface area (Å²) in [6.07, 6.45) is 0. The Hall–Kier alpha value is -0.564. The molecule has 0 saturated carbocycles. The van der Waals surface area contributed by atoms with Crippen LogP contribution in [0.25, 0.3) is 30.8 Å². The quantitative estimate of drug-likeness (QED) is 0.700. The largest absolute Gasteiger partial charge is 3.00 e. The number of hydrogen-bond acceptors (Lipinski definition) is 2. The Kier molecular flexibility index (Phi) is 28.6. The first-order valence-corrected chi connectivity index (χ1v) is 4.55. The van der Waals surface area contributed by atoms with Crippen LogP contribution in [0.4, 0.5) is 0 Å². The fourth-order valence-corrected chi connectivity index (χ4v) is 1.21. The molecule has 0 bridgehead atoms. The molecule has 0 aliphatic carbocycles. The van der Waals surface area contributed by atoms with E-state index in [1.54, 1.807) is 12.1 Å². The smallest absolute Gasteiger partial charge is 0.693 e. The maximum Gasteiger partial charge on any atom is 3.00 e. The predicted octanol–water partition coefficient (Wildman–Crippen LogP) is 3.99. The SMILES string of the molecule is Cc1ccc(S(=O)(=O)[OH2+])cc1.[Co+3].[NH2-].[NH2-].[NH2-].[NH2-].[NH2-]. The summed E-state index contributed by atoms with van der Waals surface area (Å²) < 4.78 is 27.9. The van der Waals surface area contributed by atoms with Gasteiger partial charge in [-0.1, -0.05) is 17.7 Å². The molecule has 0 amide bonds. The van der Waals surface area contributed by atoms with Gasteiger partial charge in [0.1, 0.15) is 4.90 Å². The van der Waals surface area contributed by atoms with Crippen molar-refractivity contribution in [1.82, 2.24) is 0 Å². The minimum Gasteiger partial charge on any atom is -0.693 e. The van der Waals surface area contributed by atoms with Crippen molar-refractivity contribution in [3.05, 3.63) is 60.6 Å². The zero-order valence-corrected chi connectivity index (χ0v) is 11.1. The molecule has 0 heterocycles. The Balaban J connectivity index is -0.0000000504. The molecule has 0 atom stereocenters. The molecule has 1 aromatic carbocycles. The number of rotatable bonds is 1. The summed E-state index contributed by atoms with van der Waals surface area (Å²) in [4.78, 5) is 0.0445. The van der Waals surface area contributed by atoms with Crippen molar-refractivity contribution >= 4 is 10.1 Å². The fraction of sp³-hybridized carbons (Fsp3) is 0.143. The molecule has 0 unspecified atom stereocenters. The van der Waals surface area contributed by atoms with Crippen LogP contribution in [0.5, 0.6) is 0 Å². The van der Waals surface area contributed by atoms with Crippen molar-refractivity contribution in [1.29, 1.82) is 0 Å². The summed E-state index contributed by atoms with van der Waals surface area (Å²) in [6.45, 7) is 1.86. The minimum atomic E-state index is -3.77. The third kappa shape index (κ3) is 11.7. The van der Waals surface area contributed by atoms with E-state index < -0.39 is 10.1 Å². The van der Waals surface area contributed by atoms with Crippen LogP contribution >= 0.6 is 0 Å². The van der Waals surface area contributed by atoms with Gasteiger partial charge in [-0.25, -0.2) is 0 Å². The van der Waals surface area contributed by atoms with Gasteiger partial charge in [0, 0.05) is 0 Å². The van der Waals surface area contributed by atoms with Gasteiger partial charge < -0.3 is 35.3 Å². The maximum atomic E-state index is 10.6. The van der Waals surface area contributed by atoms with E-state index in [1.807, 2.05) is 6.92 Å². The Morgan fingerprint density at radius 3 is 1.41 bits per heavy atom. The van der Waals surface area contributed by atoms with E-state index >= 15 is 0 Å². The average molecular weight is 312 g/mol.